The van der Waals surface area contributed by atoms with E-state index in [1.165, 1.54) is 23.5 Å². The number of nitrogens with one attached hydrogen (secondary N) is 1. The van der Waals surface area contributed by atoms with Crippen LogP contribution in [0.3, 0.4) is 0 Å². The van der Waals surface area contributed by atoms with E-state index < -0.39 is 4.92 Å². The minimum Gasteiger partial charge on any atom is -0.302 e. The molecule has 3 rings (SSSR count). The molecule has 24 heavy (non-hydrogen) atoms. The largest absolute Gasteiger partial charge is 0.302 e. The highest BCUT2D eigenvalue weighted by molar-refractivity contribution is 7.99. The number of thioether (sulfide) groups is 1. The third kappa shape index (κ3) is 4.09. The van der Waals surface area contributed by atoms with Crippen molar-refractivity contribution in [3.8, 4) is 0 Å². The van der Waals surface area contributed by atoms with Crippen LogP contribution in [0.25, 0.3) is 10.2 Å². The predicted octanol–water partition coefficient (Wildman–Crippen LogP) is 4.33. The molecular weight excluding hydrogens is 346 g/mol. The first-order valence-corrected chi connectivity index (χ1v) is 8.95. The molecule has 6 nitrogen and oxygen atoms in total. The van der Waals surface area contributed by atoms with Crippen LogP contribution in [0.5, 0.6) is 0 Å². The summed E-state index contributed by atoms with van der Waals surface area (Å²) in [6.07, 6.45) is 0.371. The predicted molar refractivity (Wildman–Crippen MR) is 96.7 cm³/mol. The Hall–Kier alpha value is -2.45. The first-order valence-electron chi connectivity index (χ1n) is 7.14. The summed E-state index contributed by atoms with van der Waals surface area (Å²) in [5.41, 5.74) is 0.507. The Labute approximate surface area is 146 Å². The molecule has 1 N–H and O–H groups in total. The summed E-state index contributed by atoms with van der Waals surface area (Å²) in [7, 11) is 0. The average molecular weight is 359 g/mol. The van der Waals surface area contributed by atoms with Gasteiger partial charge in [0.2, 0.25) is 5.91 Å². The van der Waals surface area contributed by atoms with E-state index in [0.29, 0.717) is 22.8 Å². The molecule has 0 aliphatic rings. The lowest BCUT2D eigenvalue weighted by Crippen LogP contribution is -2.11. The molecule has 3 aromatic rings. The van der Waals surface area contributed by atoms with E-state index >= 15 is 0 Å². The number of nitrogens with zero attached hydrogens (tertiary/aromatic N) is 2. The number of fused-ring (bicyclic) bond motifs is 1. The smallest absolute Gasteiger partial charge is 0.271 e. The van der Waals surface area contributed by atoms with Gasteiger partial charge in [0.05, 0.1) is 15.1 Å². The lowest BCUT2D eigenvalue weighted by atomic mass is 10.3. The summed E-state index contributed by atoms with van der Waals surface area (Å²) >= 11 is 2.92. The van der Waals surface area contributed by atoms with E-state index in [1.54, 1.807) is 17.8 Å². The molecule has 0 saturated carbocycles. The maximum absolute atomic E-state index is 12.0. The van der Waals surface area contributed by atoms with Crippen molar-refractivity contribution in [2.75, 3.05) is 11.1 Å². The van der Waals surface area contributed by atoms with Crippen molar-refractivity contribution >= 4 is 50.0 Å². The van der Waals surface area contributed by atoms with Crippen LogP contribution in [0, 0.1) is 10.1 Å². The van der Waals surface area contributed by atoms with Crippen LogP contribution in [-0.2, 0) is 4.79 Å². The van der Waals surface area contributed by atoms with Gasteiger partial charge in [-0.3, -0.25) is 14.9 Å². The number of aromatic nitrogens is 1. The summed E-state index contributed by atoms with van der Waals surface area (Å²) in [6.45, 7) is 0. The number of hydrogen-bond acceptors (Lipinski definition) is 6. The Morgan fingerprint density at radius 1 is 1.25 bits per heavy atom. The molecule has 0 atom stereocenters. The molecule has 0 fully saturated rings. The van der Waals surface area contributed by atoms with E-state index in [9.17, 15) is 14.9 Å². The van der Waals surface area contributed by atoms with Gasteiger partial charge in [0.25, 0.3) is 5.69 Å². The Morgan fingerprint density at radius 2 is 2.04 bits per heavy atom. The van der Waals surface area contributed by atoms with Crippen molar-refractivity contribution in [3.05, 3.63) is 58.6 Å². The number of nitro groups is 1. The highest BCUT2D eigenvalue weighted by Gasteiger charge is 2.12. The number of benzene rings is 2. The number of hydrogen-bond donors (Lipinski definition) is 1. The van der Waals surface area contributed by atoms with Gasteiger partial charge in [-0.15, -0.1) is 11.8 Å². The first-order chi connectivity index (χ1) is 11.6. The number of rotatable bonds is 6. The van der Waals surface area contributed by atoms with E-state index in [0.717, 1.165) is 9.60 Å². The molecule has 122 valence electrons. The van der Waals surface area contributed by atoms with Gasteiger partial charge in [-0.25, -0.2) is 4.98 Å². The summed E-state index contributed by atoms with van der Waals surface area (Å²) in [5, 5.41) is 14.0. The molecule has 1 aromatic heterocycles. The summed E-state index contributed by atoms with van der Waals surface area (Å²) < 4.78 is 0.801. The number of nitro benzene ring substituents is 1. The number of thiazole rings is 1. The van der Waals surface area contributed by atoms with Crippen molar-refractivity contribution in [3.63, 3.8) is 0 Å². The van der Waals surface area contributed by atoms with Gasteiger partial charge in [-0.05, 0) is 18.2 Å². The van der Waals surface area contributed by atoms with Crippen LogP contribution in [-0.4, -0.2) is 21.6 Å². The van der Waals surface area contributed by atoms with Crippen LogP contribution in [0.15, 0.2) is 53.4 Å². The summed E-state index contributed by atoms with van der Waals surface area (Å²) in [6, 6.07) is 14.4. The zero-order chi connectivity index (χ0) is 16.9. The number of anilines is 1. The quantitative estimate of drug-likeness (QED) is 0.402. The van der Waals surface area contributed by atoms with Crippen LogP contribution in [0.2, 0.25) is 0 Å². The van der Waals surface area contributed by atoms with Crippen molar-refractivity contribution in [1.29, 1.82) is 0 Å². The van der Waals surface area contributed by atoms with Gasteiger partial charge in [-0.1, -0.05) is 29.5 Å². The fraction of sp³-hybridized carbons (Fsp3) is 0.125. The molecule has 0 unspecified atom stereocenters. The Kier molecular flexibility index (Phi) is 5.07. The Bertz CT molecular complexity index is 881. The van der Waals surface area contributed by atoms with Crippen molar-refractivity contribution in [2.45, 2.75) is 11.3 Å². The number of carbonyl (C=O) groups excluding carboxylic acids is 1. The standard InChI is InChI=1S/C16H13N3O3S2/c20-15(8-9-23-12-4-2-1-3-5-12)18-16-17-13-10-11(19(21)22)6-7-14(13)24-16/h1-7,10H,8-9H2,(H,17,18,20). The number of non-ortho nitro benzene ring substituents is 1. The molecule has 8 heteroatoms. The molecule has 0 radical (unpaired) electrons. The lowest BCUT2D eigenvalue weighted by Gasteiger charge is -2.02. The van der Waals surface area contributed by atoms with E-state index in [-0.39, 0.29) is 11.6 Å². The van der Waals surface area contributed by atoms with Gasteiger partial charge in [0, 0.05) is 29.2 Å². The maximum Gasteiger partial charge on any atom is 0.271 e. The molecule has 1 heterocycles. The highest BCUT2D eigenvalue weighted by atomic mass is 32.2. The van der Waals surface area contributed by atoms with Crippen molar-refractivity contribution in [1.82, 2.24) is 4.98 Å². The fourth-order valence-electron chi connectivity index (χ4n) is 2.04. The number of amides is 1. The zero-order valence-corrected chi connectivity index (χ0v) is 14.1. The first kappa shape index (κ1) is 16.4. The van der Waals surface area contributed by atoms with Gasteiger partial charge in [-0.2, -0.15) is 0 Å². The van der Waals surface area contributed by atoms with Crippen LogP contribution >= 0.6 is 23.1 Å². The second-order valence-corrected chi connectivity index (χ2v) is 7.09. The molecule has 0 aliphatic carbocycles. The number of carbonyl (C=O) groups is 1. The van der Waals surface area contributed by atoms with Crippen molar-refractivity contribution < 1.29 is 9.72 Å². The van der Waals surface area contributed by atoms with E-state index in [4.69, 9.17) is 0 Å². The van der Waals surface area contributed by atoms with Crippen LogP contribution in [0.4, 0.5) is 10.8 Å². The second-order valence-electron chi connectivity index (χ2n) is 4.89. The lowest BCUT2D eigenvalue weighted by molar-refractivity contribution is -0.384. The topological polar surface area (TPSA) is 85.1 Å². The molecule has 1 amide bonds. The molecule has 2 aromatic carbocycles. The minimum absolute atomic E-state index is 0.00932. The second kappa shape index (κ2) is 7.41. The van der Waals surface area contributed by atoms with Gasteiger partial charge in [0.15, 0.2) is 5.13 Å². The van der Waals surface area contributed by atoms with Crippen LogP contribution in [0.1, 0.15) is 6.42 Å². The van der Waals surface area contributed by atoms with Gasteiger partial charge in [0.1, 0.15) is 0 Å². The monoisotopic (exact) mass is 359 g/mol. The molecule has 0 spiro atoms. The highest BCUT2D eigenvalue weighted by Crippen LogP contribution is 2.29. The third-order valence-electron chi connectivity index (χ3n) is 3.17. The Balaban J connectivity index is 1.58. The normalized spacial score (nSPS) is 10.7. The molecule has 0 bridgehead atoms. The average Bonchev–Trinajstić information content (AvgIpc) is 2.96. The van der Waals surface area contributed by atoms with Gasteiger partial charge >= 0.3 is 0 Å². The minimum atomic E-state index is -0.460. The summed E-state index contributed by atoms with van der Waals surface area (Å²) in [5.74, 6) is 0.554. The molecule has 0 saturated heterocycles. The van der Waals surface area contributed by atoms with E-state index in [2.05, 4.69) is 10.3 Å². The third-order valence-corrected chi connectivity index (χ3v) is 5.13. The fourth-order valence-corrected chi connectivity index (χ4v) is 3.78. The van der Waals surface area contributed by atoms with Crippen molar-refractivity contribution in [2.24, 2.45) is 0 Å². The Morgan fingerprint density at radius 3 is 2.79 bits per heavy atom. The summed E-state index contributed by atoms with van der Waals surface area (Å²) in [4.78, 5) is 27.7. The molecule has 0 aliphatic heterocycles. The van der Waals surface area contributed by atoms with Crippen LogP contribution < -0.4 is 5.32 Å². The molecular formula is C16H13N3O3S2. The zero-order valence-electron chi connectivity index (χ0n) is 12.5. The maximum atomic E-state index is 12.0. The van der Waals surface area contributed by atoms with Gasteiger partial charge < -0.3 is 5.32 Å². The van der Waals surface area contributed by atoms with E-state index in [1.807, 2.05) is 30.3 Å². The SMILES string of the molecule is O=C(CCSc1ccccc1)Nc1nc2cc([N+](=O)[O-])ccc2s1.